The highest BCUT2D eigenvalue weighted by Crippen LogP contribution is 2.29. The summed E-state index contributed by atoms with van der Waals surface area (Å²) in [6.07, 6.45) is 8.98. The molecule has 0 aliphatic heterocycles. The maximum absolute atomic E-state index is 5.76. The van der Waals surface area contributed by atoms with Crippen LogP contribution in [0.4, 0.5) is 0 Å². The van der Waals surface area contributed by atoms with Gasteiger partial charge in [-0.25, -0.2) is 9.67 Å². The number of hydrogen-bond donors (Lipinski definition) is 2. The fourth-order valence-corrected chi connectivity index (χ4v) is 3.10. The number of aromatic nitrogens is 3. The number of nitrogens with zero attached hydrogens (tertiary/aromatic N) is 4. The molecular weight excluding hydrogens is 503 g/mol. The molecule has 8 heteroatoms. The lowest BCUT2D eigenvalue weighted by atomic mass is 10.1. The number of hydrogen-bond acceptors (Lipinski definition) is 4. The molecule has 1 aliphatic rings. The van der Waals surface area contributed by atoms with Crippen molar-refractivity contribution in [2.75, 3.05) is 20.2 Å². The van der Waals surface area contributed by atoms with E-state index in [1.807, 2.05) is 29.1 Å². The molecule has 7 nitrogen and oxygen atoms in total. The zero-order chi connectivity index (χ0) is 20.6. The summed E-state index contributed by atoms with van der Waals surface area (Å²) in [5.74, 6) is 2.20. The highest BCUT2D eigenvalue weighted by Gasteiger charge is 2.22. The standard InChI is InChI=1S/C23H28N6O.HI/c1-24-23(27-16-20-10-12-25-22(15-20)30-17-19-3-4-19)26-13-9-18-5-7-21(8-6-18)29-14-2-11-28-29;/h2,5-8,10-12,14-15,19H,3-4,9,13,16-17H2,1H3,(H2,24,26,27);1H. The van der Waals surface area contributed by atoms with E-state index in [0.29, 0.717) is 12.4 Å². The lowest BCUT2D eigenvalue weighted by molar-refractivity contribution is 0.288. The topological polar surface area (TPSA) is 76.4 Å². The molecule has 1 aliphatic carbocycles. The van der Waals surface area contributed by atoms with Crippen LogP contribution >= 0.6 is 24.0 Å². The molecule has 164 valence electrons. The van der Waals surface area contributed by atoms with E-state index in [4.69, 9.17) is 4.74 Å². The second kappa shape index (κ2) is 11.7. The third-order valence-electron chi connectivity index (χ3n) is 5.06. The molecule has 0 saturated heterocycles. The van der Waals surface area contributed by atoms with Gasteiger partial charge in [-0.3, -0.25) is 4.99 Å². The quantitative estimate of drug-likeness (QED) is 0.250. The maximum atomic E-state index is 5.76. The monoisotopic (exact) mass is 532 g/mol. The summed E-state index contributed by atoms with van der Waals surface area (Å²) in [5, 5.41) is 11.0. The molecule has 0 atom stereocenters. The highest BCUT2D eigenvalue weighted by atomic mass is 127. The van der Waals surface area contributed by atoms with Crippen molar-refractivity contribution in [3.8, 4) is 11.6 Å². The fraction of sp³-hybridized carbons (Fsp3) is 0.348. The van der Waals surface area contributed by atoms with Gasteiger partial charge in [-0.1, -0.05) is 12.1 Å². The largest absolute Gasteiger partial charge is 0.477 e. The Morgan fingerprint density at radius 3 is 2.68 bits per heavy atom. The van der Waals surface area contributed by atoms with Crippen LogP contribution in [0, 0.1) is 5.92 Å². The molecule has 1 fully saturated rings. The number of rotatable bonds is 9. The summed E-state index contributed by atoms with van der Waals surface area (Å²) in [5.41, 5.74) is 3.44. The first-order valence-electron chi connectivity index (χ1n) is 10.4. The minimum atomic E-state index is 0. The molecule has 0 unspecified atom stereocenters. The van der Waals surface area contributed by atoms with Crippen LogP contribution in [0.5, 0.6) is 5.88 Å². The van der Waals surface area contributed by atoms with E-state index < -0.39 is 0 Å². The molecule has 2 heterocycles. The van der Waals surface area contributed by atoms with Crippen LogP contribution in [0.2, 0.25) is 0 Å². The van der Waals surface area contributed by atoms with Crippen molar-refractivity contribution in [2.45, 2.75) is 25.8 Å². The predicted molar refractivity (Wildman–Crippen MR) is 133 cm³/mol. The minimum absolute atomic E-state index is 0. The summed E-state index contributed by atoms with van der Waals surface area (Å²) in [4.78, 5) is 8.60. The Morgan fingerprint density at radius 2 is 1.97 bits per heavy atom. The van der Waals surface area contributed by atoms with Crippen molar-refractivity contribution in [2.24, 2.45) is 10.9 Å². The summed E-state index contributed by atoms with van der Waals surface area (Å²) >= 11 is 0. The van der Waals surface area contributed by atoms with Crippen LogP contribution in [-0.4, -0.2) is 40.9 Å². The van der Waals surface area contributed by atoms with Crippen molar-refractivity contribution in [1.82, 2.24) is 25.4 Å². The highest BCUT2D eigenvalue weighted by molar-refractivity contribution is 14.0. The number of pyridine rings is 1. The van der Waals surface area contributed by atoms with E-state index in [1.54, 1.807) is 19.4 Å². The Hall–Kier alpha value is -2.62. The molecule has 3 aromatic rings. The van der Waals surface area contributed by atoms with Gasteiger partial charge in [-0.2, -0.15) is 5.10 Å². The first-order chi connectivity index (χ1) is 14.8. The van der Waals surface area contributed by atoms with Crippen molar-refractivity contribution in [3.63, 3.8) is 0 Å². The third-order valence-corrected chi connectivity index (χ3v) is 5.06. The van der Waals surface area contributed by atoms with Crippen LogP contribution in [0.15, 0.2) is 66.0 Å². The smallest absolute Gasteiger partial charge is 0.213 e. The molecule has 1 aromatic carbocycles. The van der Waals surface area contributed by atoms with Crippen LogP contribution < -0.4 is 15.4 Å². The van der Waals surface area contributed by atoms with Gasteiger partial charge in [0.1, 0.15) is 0 Å². The number of nitrogens with one attached hydrogen (secondary N) is 2. The number of ether oxygens (including phenoxy) is 1. The van der Waals surface area contributed by atoms with Crippen molar-refractivity contribution in [1.29, 1.82) is 0 Å². The molecule has 2 N–H and O–H groups in total. The lowest BCUT2D eigenvalue weighted by Crippen LogP contribution is -2.37. The molecule has 2 aromatic heterocycles. The molecule has 0 spiro atoms. The normalized spacial score (nSPS) is 13.4. The third kappa shape index (κ3) is 7.23. The van der Waals surface area contributed by atoms with Crippen molar-refractivity contribution < 1.29 is 4.74 Å². The van der Waals surface area contributed by atoms with Gasteiger partial charge in [-0.05, 0) is 60.6 Å². The maximum Gasteiger partial charge on any atom is 0.213 e. The Balaban J connectivity index is 0.00000272. The first-order valence-corrected chi connectivity index (χ1v) is 10.4. The Labute approximate surface area is 200 Å². The average Bonchev–Trinajstić information content (AvgIpc) is 3.46. The van der Waals surface area contributed by atoms with E-state index >= 15 is 0 Å². The van der Waals surface area contributed by atoms with E-state index in [2.05, 4.69) is 50.0 Å². The zero-order valence-electron chi connectivity index (χ0n) is 17.7. The molecule has 0 amide bonds. The second-order valence-corrected chi connectivity index (χ2v) is 7.48. The van der Waals surface area contributed by atoms with E-state index in [1.165, 1.54) is 18.4 Å². The van der Waals surface area contributed by atoms with Crippen molar-refractivity contribution in [3.05, 3.63) is 72.2 Å². The van der Waals surface area contributed by atoms with Crippen LogP contribution in [0.1, 0.15) is 24.0 Å². The summed E-state index contributed by atoms with van der Waals surface area (Å²) in [7, 11) is 1.78. The summed E-state index contributed by atoms with van der Waals surface area (Å²) in [6.45, 7) is 2.24. The predicted octanol–water partition coefficient (Wildman–Crippen LogP) is 3.58. The van der Waals surface area contributed by atoms with E-state index in [-0.39, 0.29) is 24.0 Å². The first kappa shape index (κ1) is 23.1. The van der Waals surface area contributed by atoms with E-state index in [9.17, 15) is 0 Å². The number of benzene rings is 1. The average molecular weight is 532 g/mol. The van der Waals surface area contributed by atoms with Crippen molar-refractivity contribution >= 4 is 29.9 Å². The number of guanidine groups is 1. The van der Waals surface area contributed by atoms with Crippen LogP contribution in [0.3, 0.4) is 0 Å². The van der Waals surface area contributed by atoms with Gasteiger partial charge in [0.05, 0.1) is 12.3 Å². The Kier molecular flexibility index (Phi) is 8.69. The van der Waals surface area contributed by atoms with Gasteiger partial charge >= 0.3 is 0 Å². The molecule has 0 bridgehead atoms. The zero-order valence-corrected chi connectivity index (χ0v) is 20.0. The SMILES string of the molecule is CN=C(NCCc1ccc(-n2cccn2)cc1)NCc1ccnc(OCC2CC2)c1.I. The van der Waals surface area contributed by atoms with Gasteiger partial charge in [0.2, 0.25) is 5.88 Å². The molecule has 4 rings (SSSR count). The molecule has 31 heavy (non-hydrogen) atoms. The van der Waals surface area contributed by atoms with Gasteiger partial charge < -0.3 is 15.4 Å². The molecule has 0 radical (unpaired) electrons. The van der Waals surface area contributed by atoms with E-state index in [0.717, 1.165) is 42.7 Å². The Morgan fingerprint density at radius 1 is 1.13 bits per heavy atom. The number of aliphatic imine (C=N–C) groups is 1. The van der Waals surface area contributed by atoms with Gasteiger partial charge in [-0.15, -0.1) is 24.0 Å². The lowest BCUT2D eigenvalue weighted by Gasteiger charge is -2.13. The molecular formula is C23H29IN6O. The Bertz CT molecular complexity index is 954. The summed E-state index contributed by atoms with van der Waals surface area (Å²) < 4.78 is 7.62. The van der Waals surface area contributed by atoms with Gasteiger partial charge in [0, 0.05) is 44.8 Å². The fourth-order valence-electron chi connectivity index (χ4n) is 3.10. The van der Waals surface area contributed by atoms with Gasteiger partial charge in [0.25, 0.3) is 0 Å². The second-order valence-electron chi connectivity index (χ2n) is 7.48. The minimum Gasteiger partial charge on any atom is -0.477 e. The summed E-state index contributed by atoms with van der Waals surface area (Å²) in [6, 6.07) is 14.3. The molecule has 1 saturated carbocycles. The van der Waals surface area contributed by atoms with Crippen LogP contribution in [-0.2, 0) is 13.0 Å². The van der Waals surface area contributed by atoms with Gasteiger partial charge in [0.15, 0.2) is 5.96 Å². The van der Waals surface area contributed by atoms with Crippen LogP contribution in [0.25, 0.3) is 5.69 Å². The number of halogens is 1.